The Balaban J connectivity index is 1.67. The number of hydrogen-bond acceptors (Lipinski definition) is 3. The number of nitrogens with one attached hydrogen (secondary N) is 1. The normalized spacial score (nSPS) is 18.5. The fraction of sp³-hybridized carbons (Fsp3) is 0.444. The Bertz CT molecular complexity index is 846. The van der Waals surface area contributed by atoms with E-state index in [9.17, 15) is 0 Å². The van der Waals surface area contributed by atoms with Crippen LogP contribution in [0.5, 0.6) is 0 Å². The van der Waals surface area contributed by atoms with Crippen LogP contribution >= 0.6 is 0 Å². The van der Waals surface area contributed by atoms with Crippen LogP contribution in [-0.4, -0.2) is 20.6 Å². The first kappa shape index (κ1) is 12.4. The second-order valence-corrected chi connectivity index (χ2v) is 6.88. The van der Waals surface area contributed by atoms with Crippen molar-refractivity contribution >= 4 is 22.4 Å². The lowest BCUT2D eigenvalue weighted by Gasteiger charge is -2.19. The highest BCUT2D eigenvalue weighted by Gasteiger charge is 2.41. The van der Waals surface area contributed by atoms with Gasteiger partial charge >= 0.3 is 0 Å². The first-order valence-electron chi connectivity index (χ1n) is 8.31. The molecule has 1 aromatic carbocycles. The molecule has 112 valence electrons. The molecule has 0 spiro atoms. The largest absolute Gasteiger partial charge is 0.366 e. The molecule has 0 saturated heterocycles. The van der Waals surface area contributed by atoms with Gasteiger partial charge in [-0.25, -0.2) is 9.50 Å². The summed E-state index contributed by atoms with van der Waals surface area (Å²) in [6.07, 6.45) is 5.50. The van der Waals surface area contributed by atoms with Gasteiger partial charge in [0.05, 0.1) is 11.2 Å². The Morgan fingerprint density at radius 2 is 1.86 bits per heavy atom. The van der Waals surface area contributed by atoms with Crippen molar-refractivity contribution in [2.75, 3.05) is 5.32 Å². The summed E-state index contributed by atoms with van der Waals surface area (Å²) in [5.41, 5.74) is 3.08. The molecule has 0 unspecified atom stereocenters. The molecule has 3 aromatic rings. The maximum atomic E-state index is 4.87. The number of benzene rings is 1. The fourth-order valence-corrected chi connectivity index (χ4v) is 3.58. The van der Waals surface area contributed by atoms with Gasteiger partial charge in [-0.15, -0.1) is 0 Å². The molecule has 2 fully saturated rings. The maximum Gasteiger partial charge on any atom is 0.158 e. The van der Waals surface area contributed by atoms with Crippen LogP contribution < -0.4 is 5.32 Å². The molecule has 0 bridgehead atoms. The minimum Gasteiger partial charge on any atom is -0.366 e. The molecule has 2 aliphatic carbocycles. The van der Waals surface area contributed by atoms with Crippen molar-refractivity contribution in [1.82, 2.24) is 14.6 Å². The Labute approximate surface area is 129 Å². The minimum atomic E-state index is 0.613. The molecule has 0 radical (unpaired) electrons. The summed E-state index contributed by atoms with van der Waals surface area (Å²) in [4.78, 5) is 4.87. The number of para-hydroxylation sites is 1. The van der Waals surface area contributed by atoms with Crippen molar-refractivity contribution in [3.63, 3.8) is 0 Å². The Morgan fingerprint density at radius 1 is 1.14 bits per heavy atom. The van der Waals surface area contributed by atoms with Crippen molar-refractivity contribution in [2.45, 2.75) is 38.6 Å². The van der Waals surface area contributed by atoms with Crippen LogP contribution in [0.4, 0.5) is 5.82 Å². The molecule has 0 atom stereocenters. The summed E-state index contributed by atoms with van der Waals surface area (Å²) in [5.74, 6) is 2.75. The maximum absolute atomic E-state index is 4.87. The second kappa shape index (κ2) is 4.45. The molecule has 2 heterocycles. The molecular formula is C18H20N4. The van der Waals surface area contributed by atoms with E-state index in [1.165, 1.54) is 31.1 Å². The van der Waals surface area contributed by atoms with Crippen molar-refractivity contribution < 1.29 is 0 Å². The van der Waals surface area contributed by atoms with Gasteiger partial charge in [0.25, 0.3) is 0 Å². The smallest absolute Gasteiger partial charge is 0.158 e. The summed E-state index contributed by atoms with van der Waals surface area (Å²) in [6.45, 7) is 2.02. The topological polar surface area (TPSA) is 42.2 Å². The van der Waals surface area contributed by atoms with Crippen LogP contribution in [0, 0.1) is 18.8 Å². The summed E-state index contributed by atoms with van der Waals surface area (Å²) < 4.78 is 1.96. The van der Waals surface area contributed by atoms with Crippen molar-refractivity contribution in [2.24, 2.45) is 11.8 Å². The lowest BCUT2D eigenvalue weighted by Crippen LogP contribution is -2.25. The summed E-state index contributed by atoms with van der Waals surface area (Å²) in [6, 6.07) is 11.1. The van der Waals surface area contributed by atoms with Crippen LogP contribution in [0.15, 0.2) is 30.3 Å². The summed E-state index contributed by atoms with van der Waals surface area (Å²) in [5, 5.41) is 9.55. The average Bonchev–Trinajstić information content (AvgIpc) is 3.42. The molecule has 2 saturated carbocycles. The number of nitrogens with zero attached hydrogens (tertiary/aromatic N) is 3. The van der Waals surface area contributed by atoms with Crippen LogP contribution in [-0.2, 0) is 0 Å². The van der Waals surface area contributed by atoms with E-state index in [4.69, 9.17) is 4.98 Å². The third-order valence-corrected chi connectivity index (χ3v) is 4.99. The third-order valence-electron chi connectivity index (χ3n) is 4.99. The number of aryl methyl sites for hydroxylation is 1. The predicted octanol–water partition coefficient (Wildman–Crippen LogP) is 3.79. The van der Waals surface area contributed by atoms with E-state index in [-0.39, 0.29) is 0 Å². The predicted molar refractivity (Wildman–Crippen MR) is 88.1 cm³/mol. The fourth-order valence-electron chi connectivity index (χ4n) is 3.58. The van der Waals surface area contributed by atoms with Crippen LogP contribution in [0.3, 0.4) is 0 Å². The van der Waals surface area contributed by atoms with E-state index >= 15 is 0 Å². The van der Waals surface area contributed by atoms with E-state index in [2.05, 4.69) is 40.7 Å². The van der Waals surface area contributed by atoms with Gasteiger partial charge in [-0.2, -0.15) is 5.10 Å². The first-order valence-corrected chi connectivity index (χ1v) is 8.31. The zero-order valence-electron chi connectivity index (χ0n) is 12.8. The van der Waals surface area contributed by atoms with Gasteiger partial charge in [0.1, 0.15) is 5.82 Å². The van der Waals surface area contributed by atoms with Crippen LogP contribution in [0.2, 0.25) is 0 Å². The van der Waals surface area contributed by atoms with Gasteiger partial charge < -0.3 is 5.32 Å². The second-order valence-electron chi connectivity index (χ2n) is 6.88. The van der Waals surface area contributed by atoms with Gasteiger partial charge in [-0.05, 0) is 56.6 Å². The Kier molecular flexibility index (Phi) is 2.52. The van der Waals surface area contributed by atoms with Gasteiger partial charge in [-0.3, -0.25) is 0 Å². The third kappa shape index (κ3) is 1.97. The van der Waals surface area contributed by atoms with E-state index < -0.39 is 0 Å². The first-order chi connectivity index (χ1) is 10.8. The van der Waals surface area contributed by atoms with E-state index in [1.807, 2.05) is 11.4 Å². The molecule has 5 rings (SSSR count). The molecular weight excluding hydrogens is 272 g/mol. The van der Waals surface area contributed by atoms with Crippen molar-refractivity contribution in [1.29, 1.82) is 0 Å². The molecule has 1 N–H and O–H groups in total. The molecule has 4 heteroatoms. The summed E-state index contributed by atoms with van der Waals surface area (Å²) >= 11 is 0. The molecule has 0 amide bonds. The number of hydrogen-bond donors (Lipinski definition) is 1. The number of anilines is 1. The molecule has 22 heavy (non-hydrogen) atoms. The molecule has 0 aliphatic heterocycles. The van der Waals surface area contributed by atoms with E-state index in [0.717, 1.165) is 34.5 Å². The van der Waals surface area contributed by atoms with Gasteiger partial charge in [-0.1, -0.05) is 12.1 Å². The molecule has 2 aliphatic rings. The highest BCUT2D eigenvalue weighted by molar-refractivity contribution is 5.91. The molecule has 4 nitrogen and oxygen atoms in total. The zero-order chi connectivity index (χ0) is 14.7. The lowest BCUT2D eigenvalue weighted by molar-refractivity contribution is 0.566. The average molecular weight is 292 g/mol. The number of fused-ring (bicyclic) bond motifs is 3. The van der Waals surface area contributed by atoms with Crippen LogP contribution in [0.25, 0.3) is 16.6 Å². The standard InChI is InChI=1S/C18H20N4/c1-11-10-16-19-18(20-17(12-6-7-12)13-8-9-13)14-4-2-3-5-15(14)22(16)21-11/h2-5,10,12-13,17H,6-9H2,1H3,(H,19,20). The molecule has 2 aromatic heterocycles. The van der Waals surface area contributed by atoms with Gasteiger partial charge in [0.15, 0.2) is 5.65 Å². The van der Waals surface area contributed by atoms with Crippen molar-refractivity contribution in [3.05, 3.63) is 36.0 Å². The van der Waals surface area contributed by atoms with Gasteiger partial charge in [0.2, 0.25) is 0 Å². The number of aromatic nitrogens is 3. The highest BCUT2D eigenvalue weighted by Crippen LogP contribution is 2.46. The minimum absolute atomic E-state index is 0.613. The Hall–Kier alpha value is -2.10. The van der Waals surface area contributed by atoms with E-state index in [1.54, 1.807) is 0 Å². The number of rotatable bonds is 4. The zero-order valence-corrected chi connectivity index (χ0v) is 12.8. The van der Waals surface area contributed by atoms with E-state index in [0.29, 0.717) is 6.04 Å². The van der Waals surface area contributed by atoms with Crippen molar-refractivity contribution in [3.8, 4) is 0 Å². The quantitative estimate of drug-likeness (QED) is 0.795. The van der Waals surface area contributed by atoms with Gasteiger partial charge in [0, 0.05) is 17.5 Å². The highest BCUT2D eigenvalue weighted by atomic mass is 15.3. The lowest BCUT2D eigenvalue weighted by atomic mass is 10.1. The SMILES string of the molecule is Cc1cc2nc(NC(C3CC3)C3CC3)c3ccccc3n2n1. The van der Waals surface area contributed by atoms with Crippen LogP contribution in [0.1, 0.15) is 31.4 Å². The monoisotopic (exact) mass is 292 g/mol. The summed E-state index contributed by atoms with van der Waals surface area (Å²) in [7, 11) is 0. The Morgan fingerprint density at radius 3 is 2.59 bits per heavy atom.